The second-order valence-electron chi connectivity index (χ2n) is 15.7. The molecule has 0 aliphatic heterocycles. The van der Waals surface area contributed by atoms with E-state index in [0.717, 1.165) is 38.5 Å². The topological polar surface area (TPSA) is 67.4 Å². The largest absolute Gasteiger partial charge is 0.493 e. The van der Waals surface area contributed by atoms with Crippen LogP contribution in [0.3, 0.4) is 0 Å². The lowest BCUT2D eigenvalue weighted by Gasteiger charge is -2.14. The van der Waals surface area contributed by atoms with Gasteiger partial charge >= 0.3 is 0 Å². The smallest absolute Gasteiger partial charge is 0.255 e. The lowest BCUT2D eigenvalue weighted by Crippen LogP contribution is -2.26. The minimum absolute atomic E-state index is 0.0842. The van der Waals surface area contributed by atoms with Crippen molar-refractivity contribution in [2.75, 3.05) is 19.7 Å². The van der Waals surface area contributed by atoms with Crippen LogP contribution in [0.1, 0.15) is 253 Å². The van der Waals surface area contributed by atoms with Gasteiger partial charge in [0.15, 0.2) is 0 Å². The maximum atomic E-state index is 13.2. The van der Waals surface area contributed by atoms with Crippen molar-refractivity contribution in [3.8, 4) is 5.75 Å². The molecular weight excluding hydrogens is 641 g/mol. The predicted molar refractivity (Wildman–Crippen MR) is 226 cm³/mol. The van der Waals surface area contributed by atoms with Gasteiger partial charge in [-0.15, -0.1) is 0 Å². The number of hydrogen-bond donors (Lipinski definition) is 2. The van der Waals surface area contributed by atoms with Gasteiger partial charge in [-0.1, -0.05) is 213 Å². The minimum atomic E-state index is -0.103. The van der Waals surface area contributed by atoms with Crippen molar-refractivity contribution in [1.82, 2.24) is 10.6 Å². The van der Waals surface area contributed by atoms with Gasteiger partial charge in [0.1, 0.15) is 5.75 Å². The van der Waals surface area contributed by atoms with Crippen LogP contribution in [-0.2, 0) is 0 Å². The number of rotatable bonds is 39. The Bertz CT molecular complexity index is 949. The Balaban J connectivity index is 2.46. The molecule has 302 valence electrons. The summed E-state index contributed by atoms with van der Waals surface area (Å²) in [5.74, 6) is 0.346. The molecule has 0 aliphatic carbocycles. The molecular formula is C47H86N2O3. The summed E-state index contributed by atoms with van der Waals surface area (Å²) in [6.07, 6.45) is 42.5. The summed E-state index contributed by atoms with van der Waals surface area (Å²) in [7, 11) is 0. The van der Waals surface area contributed by atoms with Crippen molar-refractivity contribution in [1.29, 1.82) is 0 Å². The highest BCUT2D eigenvalue weighted by Gasteiger charge is 2.16. The van der Waals surface area contributed by atoms with Gasteiger partial charge < -0.3 is 15.4 Å². The Morgan fingerprint density at radius 2 is 0.750 bits per heavy atom. The maximum Gasteiger partial charge on any atom is 0.255 e. The average Bonchev–Trinajstić information content (AvgIpc) is 3.15. The number of unbranched alkanes of at least 4 members (excludes halogenated alkanes) is 30. The van der Waals surface area contributed by atoms with Gasteiger partial charge in [-0.05, 0) is 37.5 Å². The van der Waals surface area contributed by atoms with E-state index < -0.39 is 0 Å². The number of ether oxygens (including phenoxy) is 1. The molecule has 0 aromatic heterocycles. The van der Waals surface area contributed by atoms with E-state index in [1.807, 2.05) is 0 Å². The number of benzene rings is 1. The summed E-state index contributed by atoms with van der Waals surface area (Å²) in [5, 5.41) is 6.22. The number of hydrogen-bond acceptors (Lipinski definition) is 3. The molecule has 0 fully saturated rings. The Kier molecular flexibility index (Phi) is 34.4. The zero-order valence-corrected chi connectivity index (χ0v) is 34.9. The summed E-state index contributed by atoms with van der Waals surface area (Å²) in [6.45, 7) is 8.74. The molecule has 0 aliphatic rings. The lowest BCUT2D eigenvalue weighted by molar-refractivity contribution is 0.0937. The van der Waals surface area contributed by atoms with Crippen LogP contribution in [0, 0.1) is 0 Å². The molecule has 52 heavy (non-hydrogen) atoms. The van der Waals surface area contributed by atoms with Crippen LogP contribution < -0.4 is 15.4 Å². The van der Waals surface area contributed by atoms with Gasteiger partial charge in [0, 0.05) is 18.7 Å². The second kappa shape index (κ2) is 37.3. The molecule has 2 N–H and O–H groups in total. The monoisotopic (exact) mass is 727 g/mol. The van der Waals surface area contributed by atoms with Crippen molar-refractivity contribution < 1.29 is 14.3 Å². The molecule has 0 spiro atoms. The van der Waals surface area contributed by atoms with Crippen molar-refractivity contribution in [2.45, 2.75) is 233 Å². The van der Waals surface area contributed by atoms with E-state index in [1.54, 1.807) is 18.2 Å². The normalized spacial score (nSPS) is 11.2. The zero-order valence-electron chi connectivity index (χ0n) is 34.9. The first-order valence-electron chi connectivity index (χ1n) is 23.0. The molecule has 5 heteroatoms. The highest BCUT2D eigenvalue weighted by molar-refractivity contribution is 6.00. The Morgan fingerprint density at radius 3 is 1.13 bits per heavy atom. The minimum Gasteiger partial charge on any atom is -0.493 e. The third-order valence-corrected chi connectivity index (χ3v) is 10.6. The third-order valence-electron chi connectivity index (χ3n) is 10.6. The standard InChI is InChI=1S/C47H86N2O3/c1-4-7-10-13-16-19-22-23-24-27-30-33-36-41-52-45-42-43(46(50)48-39-34-31-28-25-20-17-14-11-8-5-2)37-38-44(45)47(51)49-40-35-32-29-26-21-18-15-12-9-6-3/h37-38,42H,4-36,39-41H2,1-3H3,(H,48,50)(H,49,51). The van der Waals surface area contributed by atoms with Gasteiger partial charge in [-0.3, -0.25) is 9.59 Å². The Morgan fingerprint density at radius 1 is 0.423 bits per heavy atom. The zero-order chi connectivity index (χ0) is 37.6. The fourth-order valence-corrected chi connectivity index (χ4v) is 7.10. The quantitative estimate of drug-likeness (QED) is 0.0664. The molecule has 1 rings (SSSR count). The second-order valence-corrected chi connectivity index (χ2v) is 15.7. The molecule has 0 bridgehead atoms. The van der Waals surface area contributed by atoms with E-state index in [2.05, 4.69) is 31.4 Å². The van der Waals surface area contributed by atoms with E-state index in [-0.39, 0.29) is 11.8 Å². The highest BCUT2D eigenvalue weighted by Crippen LogP contribution is 2.22. The van der Waals surface area contributed by atoms with Crippen molar-refractivity contribution in [3.05, 3.63) is 29.3 Å². The van der Waals surface area contributed by atoms with Crippen molar-refractivity contribution >= 4 is 11.8 Å². The summed E-state index contributed by atoms with van der Waals surface area (Å²) in [6, 6.07) is 5.34. The molecule has 0 heterocycles. The summed E-state index contributed by atoms with van der Waals surface area (Å²) < 4.78 is 6.23. The molecule has 1 aromatic carbocycles. The Hall–Kier alpha value is -2.04. The SMILES string of the molecule is CCCCCCCCCCCCCCCOc1cc(C(=O)NCCCCCCCCCCCC)ccc1C(=O)NCCCCCCCCCCCC. The van der Waals surface area contributed by atoms with Crippen LogP contribution in [0.25, 0.3) is 0 Å². The van der Waals surface area contributed by atoms with Crippen LogP contribution in [0.2, 0.25) is 0 Å². The highest BCUT2D eigenvalue weighted by atomic mass is 16.5. The fourth-order valence-electron chi connectivity index (χ4n) is 7.10. The van der Waals surface area contributed by atoms with Crippen molar-refractivity contribution in [3.63, 3.8) is 0 Å². The first-order chi connectivity index (χ1) is 25.6. The van der Waals surface area contributed by atoms with Gasteiger partial charge in [-0.2, -0.15) is 0 Å². The van der Waals surface area contributed by atoms with E-state index in [0.29, 0.717) is 36.6 Å². The van der Waals surface area contributed by atoms with Gasteiger partial charge in [-0.25, -0.2) is 0 Å². The van der Waals surface area contributed by atoms with Crippen LogP contribution in [-0.4, -0.2) is 31.5 Å². The Labute approximate surface area is 323 Å². The lowest BCUT2D eigenvalue weighted by atomic mass is 10.0. The third kappa shape index (κ3) is 28.5. The molecule has 0 radical (unpaired) electrons. The van der Waals surface area contributed by atoms with E-state index in [9.17, 15) is 9.59 Å². The van der Waals surface area contributed by atoms with E-state index >= 15 is 0 Å². The molecule has 0 saturated carbocycles. The molecule has 2 amide bonds. The van der Waals surface area contributed by atoms with Gasteiger partial charge in [0.05, 0.1) is 12.2 Å². The van der Waals surface area contributed by atoms with Crippen molar-refractivity contribution in [2.24, 2.45) is 0 Å². The maximum absolute atomic E-state index is 13.2. The summed E-state index contributed by atoms with van der Waals surface area (Å²) in [4.78, 5) is 26.3. The number of amides is 2. The number of carbonyl (C=O) groups excluding carboxylic acids is 2. The van der Waals surface area contributed by atoms with Crippen LogP contribution in [0.5, 0.6) is 5.75 Å². The summed E-state index contributed by atoms with van der Waals surface area (Å²) in [5.41, 5.74) is 1.10. The first kappa shape index (κ1) is 48.0. The fraction of sp³-hybridized carbons (Fsp3) is 0.830. The van der Waals surface area contributed by atoms with Gasteiger partial charge in [0.2, 0.25) is 0 Å². The molecule has 0 atom stereocenters. The molecule has 5 nitrogen and oxygen atoms in total. The molecule has 0 unspecified atom stereocenters. The number of carbonyl (C=O) groups is 2. The first-order valence-corrected chi connectivity index (χ1v) is 23.0. The predicted octanol–water partition coefficient (Wildman–Crippen LogP) is 14.5. The van der Waals surface area contributed by atoms with Crippen LogP contribution in [0.4, 0.5) is 0 Å². The van der Waals surface area contributed by atoms with E-state index in [4.69, 9.17) is 4.74 Å². The number of nitrogens with one attached hydrogen (secondary N) is 2. The summed E-state index contributed by atoms with van der Waals surface area (Å²) >= 11 is 0. The molecule has 0 saturated heterocycles. The van der Waals surface area contributed by atoms with E-state index in [1.165, 1.54) is 173 Å². The van der Waals surface area contributed by atoms with Gasteiger partial charge in [0.25, 0.3) is 11.8 Å². The average molecular weight is 727 g/mol. The van der Waals surface area contributed by atoms with Crippen LogP contribution >= 0.6 is 0 Å². The molecule has 1 aromatic rings. The van der Waals surface area contributed by atoms with Crippen LogP contribution in [0.15, 0.2) is 18.2 Å².